The number of ether oxygens (including phenoxy) is 1. The Morgan fingerprint density at radius 3 is 2.60 bits per heavy atom. The van der Waals surface area contributed by atoms with E-state index >= 15 is 0 Å². The number of aromatic nitrogens is 4. The first kappa shape index (κ1) is 13.8. The van der Waals surface area contributed by atoms with Crippen LogP contribution >= 0.6 is 11.8 Å². The summed E-state index contributed by atoms with van der Waals surface area (Å²) >= 11 is 1.75. The molecule has 5 nitrogen and oxygen atoms in total. The van der Waals surface area contributed by atoms with Gasteiger partial charge in [0.25, 0.3) is 5.78 Å². The molecule has 0 aromatic carbocycles. The lowest BCUT2D eigenvalue weighted by atomic mass is 10.1. The second-order valence-corrected chi connectivity index (χ2v) is 6.88. The highest BCUT2D eigenvalue weighted by atomic mass is 32.2. The molecular weight excluding hydrogens is 272 g/mol. The minimum absolute atomic E-state index is 0.315. The fourth-order valence-electron chi connectivity index (χ4n) is 2.79. The van der Waals surface area contributed by atoms with Gasteiger partial charge in [-0.1, -0.05) is 11.8 Å². The monoisotopic (exact) mass is 292 g/mol. The van der Waals surface area contributed by atoms with Gasteiger partial charge in [0.1, 0.15) is 0 Å². The van der Waals surface area contributed by atoms with Crippen LogP contribution in [0.3, 0.4) is 0 Å². The summed E-state index contributed by atoms with van der Waals surface area (Å²) in [6.45, 7) is 8.28. The predicted octanol–water partition coefficient (Wildman–Crippen LogP) is 2.79. The average molecular weight is 292 g/mol. The third kappa shape index (κ3) is 2.81. The maximum atomic E-state index is 5.78. The maximum absolute atomic E-state index is 5.78. The molecule has 0 N–H and O–H groups in total. The van der Waals surface area contributed by atoms with E-state index < -0.39 is 0 Å². The number of thioether (sulfide) groups is 1. The normalized spacial score (nSPS) is 27.1. The molecule has 0 amide bonds. The van der Waals surface area contributed by atoms with Gasteiger partial charge in [-0.3, -0.25) is 0 Å². The van der Waals surface area contributed by atoms with Crippen LogP contribution in [0.5, 0.6) is 0 Å². The highest BCUT2D eigenvalue weighted by molar-refractivity contribution is 7.99. The standard InChI is InChI=1S/C14H20N4OS/c1-8-5-9(2)18-13(15-8)16-14(17-18)20-12-6-10(3)19-11(4)7-12/h5,10-12H,6-7H2,1-4H3/t10-,11+,12?. The van der Waals surface area contributed by atoms with Crippen molar-refractivity contribution in [2.24, 2.45) is 0 Å². The molecule has 0 bridgehead atoms. The molecule has 1 aliphatic heterocycles. The molecule has 3 heterocycles. The molecule has 20 heavy (non-hydrogen) atoms. The molecule has 0 aliphatic carbocycles. The Hall–Kier alpha value is -1.14. The van der Waals surface area contributed by atoms with Crippen molar-refractivity contribution in [3.05, 3.63) is 17.5 Å². The second-order valence-electron chi connectivity index (χ2n) is 5.61. The van der Waals surface area contributed by atoms with E-state index in [2.05, 4.69) is 28.9 Å². The van der Waals surface area contributed by atoms with E-state index in [0.29, 0.717) is 23.2 Å². The van der Waals surface area contributed by atoms with Crippen molar-refractivity contribution in [1.82, 2.24) is 19.6 Å². The number of fused-ring (bicyclic) bond motifs is 1. The quantitative estimate of drug-likeness (QED) is 0.852. The summed E-state index contributed by atoms with van der Waals surface area (Å²) < 4.78 is 7.60. The van der Waals surface area contributed by atoms with Crippen molar-refractivity contribution in [1.29, 1.82) is 0 Å². The van der Waals surface area contributed by atoms with Crippen LogP contribution in [0.1, 0.15) is 38.1 Å². The Morgan fingerprint density at radius 1 is 1.20 bits per heavy atom. The average Bonchev–Trinajstić information content (AvgIpc) is 2.70. The molecule has 6 heteroatoms. The lowest BCUT2D eigenvalue weighted by Gasteiger charge is -2.30. The lowest BCUT2D eigenvalue weighted by molar-refractivity contribution is -0.0265. The van der Waals surface area contributed by atoms with E-state index in [1.807, 2.05) is 24.4 Å². The minimum atomic E-state index is 0.315. The lowest BCUT2D eigenvalue weighted by Crippen LogP contribution is -2.30. The molecule has 1 aliphatic rings. The Balaban J connectivity index is 1.82. The molecule has 3 atom stereocenters. The van der Waals surface area contributed by atoms with Gasteiger partial charge in [-0.15, -0.1) is 5.10 Å². The van der Waals surface area contributed by atoms with Gasteiger partial charge < -0.3 is 4.74 Å². The smallest absolute Gasteiger partial charge is 0.253 e. The number of hydrogen-bond donors (Lipinski definition) is 0. The summed E-state index contributed by atoms with van der Waals surface area (Å²) in [6.07, 6.45) is 2.73. The predicted molar refractivity (Wildman–Crippen MR) is 79.1 cm³/mol. The summed E-state index contributed by atoms with van der Waals surface area (Å²) in [5, 5.41) is 5.90. The number of aryl methyl sites for hydroxylation is 2. The first-order valence-corrected chi connectivity index (χ1v) is 7.92. The topological polar surface area (TPSA) is 52.3 Å². The second kappa shape index (κ2) is 5.33. The summed E-state index contributed by atoms with van der Waals surface area (Å²) in [5.41, 5.74) is 2.05. The number of rotatable bonds is 2. The zero-order valence-corrected chi connectivity index (χ0v) is 13.1. The molecule has 108 valence electrons. The first-order chi connectivity index (χ1) is 9.51. The van der Waals surface area contributed by atoms with Crippen LogP contribution in [0, 0.1) is 13.8 Å². The molecule has 1 saturated heterocycles. The summed E-state index contributed by atoms with van der Waals surface area (Å²) in [4.78, 5) is 8.97. The Morgan fingerprint density at radius 2 is 1.90 bits per heavy atom. The van der Waals surface area contributed by atoms with E-state index in [9.17, 15) is 0 Å². The zero-order chi connectivity index (χ0) is 14.3. The third-order valence-corrected chi connectivity index (χ3v) is 4.63. The first-order valence-electron chi connectivity index (χ1n) is 7.04. The van der Waals surface area contributed by atoms with Crippen LogP contribution in [-0.4, -0.2) is 37.0 Å². The number of hydrogen-bond acceptors (Lipinski definition) is 5. The van der Waals surface area contributed by atoms with Gasteiger partial charge in [-0.25, -0.2) is 9.50 Å². The van der Waals surface area contributed by atoms with Gasteiger partial charge in [0.2, 0.25) is 5.16 Å². The van der Waals surface area contributed by atoms with E-state index in [1.165, 1.54) is 0 Å². The van der Waals surface area contributed by atoms with Crippen LogP contribution < -0.4 is 0 Å². The summed E-state index contributed by atoms with van der Waals surface area (Å²) in [6, 6.07) is 2.02. The Bertz CT molecular complexity index is 617. The maximum Gasteiger partial charge on any atom is 0.253 e. The van der Waals surface area contributed by atoms with E-state index in [0.717, 1.165) is 29.4 Å². The van der Waals surface area contributed by atoms with Gasteiger partial charge in [-0.05, 0) is 46.6 Å². The van der Waals surface area contributed by atoms with Crippen molar-refractivity contribution < 1.29 is 4.74 Å². The fourth-order valence-corrected chi connectivity index (χ4v) is 4.08. The Kier molecular flexibility index (Phi) is 3.69. The van der Waals surface area contributed by atoms with Gasteiger partial charge in [0.15, 0.2) is 0 Å². The molecule has 3 rings (SSSR count). The zero-order valence-electron chi connectivity index (χ0n) is 12.3. The van der Waals surface area contributed by atoms with Crippen LogP contribution in [0.2, 0.25) is 0 Å². The third-order valence-electron chi connectivity index (χ3n) is 3.53. The van der Waals surface area contributed by atoms with Gasteiger partial charge in [0.05, 0.1) is 12.2 Å². The van der Waals surface area contributed by atoms with Crippen LogP contribution in [0.15, 0.2) is 11.2 Å². The van der Waals surface area contributed by atoms with Crippen molar-refractivity contribution in [2.45, 2.75) is 63.2 Å². The van der Waals surface area contributed by atoms with Crippen molar-refractivity contribution in [3.8, 4) is 0 Å². The van der Waals surface area contributed by atoms with Gasteiger partial charge in [0, 0.05) is 16.6 Å². The van der Waals surface area contributed by atoms with Crippen LogP contribution in [0.25, 0.3) is 5.78 Å². The van der Waals surface area contributed by atoms with Crippen molar-refractivity contribution in [3.63, 3.8) is 0 Å². The Labute approximate surface area is 123 Å². The van der Waals surface area contributed by atoms with Gasteiger partial charge >= 0.3 is 0 Å². The fraction of sp³-hybridized carbons (Fsp3) is 0.643. The summed E-state index contributed by atoms with van der Waals surface area (Å²) in [5.74, 6) is 0.693. The summed E-state index contributed by atoms with van der Waals surface area (Å²) in [7, 11) is 0. The minimum Gasteiger partial charge on any atom is -0.375 e. The van der Waals surface area contributed by atoms with Crippen molar-refractivity contribution in [2.75, 3.05) is 0 Å². The van der Waals surface area contributed by atoms with Crippen molar-refractivity contribution >= 4 is 17.5 Å². The van der Waals surface area contributed by atoms with E-state index in [4.69, 9.17) is 4.74 Å². The highest BCUT2D eigenvalue weighted by Crippen LogP contribution is 2.32. The molecule has 0 saturated carbocycles. The SMILES string of the molecule is Cc1cc(C)n2nc(SC3C[C@@H](C)O[C@@H](C)C3)nc2n1. The van der Waals surface area contributed by atoms with Crippen LogP contribution in [0.4, 0.5) is 0 Å². The molecule has 2 aromatic heterocycles. The molecular formula is C14H20N4OS. The van der Waals surface area contributed by atoms with E-state index in [-0.39, 0.29) is 0 Å². The van der Waals surface area contributed by atoms with Crippen LogP contribution in [-0.2, 0) is 4.74 Å². The van der Waals surface area contributed by atoms with Gasteiger partial charge in [-0.2, -0.15) is 4.98 Å². The molecule has 0 spiro atoms. The molecule has 0 radical (unpaired) electrons. The largest absolute Gasteiger partial charge is 0.375 e. The molecule has 1 fully saturated rings. The van der Waals surface area contributed by atoms with E-state index in [1.54, 1.807) is 11.8 Å². The number of nitrogens with zero attached hydrogens (tertiary/aromatic N) is 4. The molecule has 1 unspecified atom stereocenters. The molecule has 2 aromatic rings. The highest BCUT2D eigenvalue weighted by Gasteiger charge is 2.26.